The van der Waals surface area contributed by atoms with Crippen molar-refractivity contribution in [3.63, 3.8) is 0 Å². The number of methoxy groups -OCH3 is 1. The fourth-order valence-corrected chi connectivity index (χ4v) is 4.19. The smallest absolute Gasteiger partial charge is 0.308 e. The highest BCUT2D eigenvalue weighted by molar-refractivity contribution is 5.96. The molecule has 0 radical (unpaired) electrons. The van der Waals surface area contributed by atoms with E-state index in [1.807, 2.05) is 38.1 Å². The Bertz CT molecular complexity index is 928. The van der Waals surface area contributed by atoms with Crippen molar-refractivity contribution in [1.29, 1.82) is 0 Å². The number of carbonyl (C=O) groups is 3. The lowest BCUT2D eigenvalue weighted by molar-refractivity contribution is -0.146. The summed E-state index contributed by atoms with van der Waals surface area (Å²) in [6, 6.07) is 11.4. The zero-order valence-corrected chi connectivity index (χ0v) is 18.5. The molecule has 2 amide bonds. The van der Waals surface area contributed by atoms with E-state index in [2.05, 4.69) is 5.32 Å². The van der Waals surface area contributed by atoms with Crippen LogP contribution in [-0.2, 0) is 20.9 Å². The molecule has 1 fully saturated rings. The molecule has 7 nitrogen and oxygen atoms in total. The van der Waals surface area contributed by atoms with Crippen molar-refractivity contribution < 1.29 is 19.1 Å². The molecule has 0 unspecified atom stereocenters. The SMILES string of the molecule is CCN(C(=O)Cn1cccc1C(=O)NC1CCC(C(=O)OC)CC1)c1cccc(C)c1. The van der Waals surface area contributed by atoms with E-state index in [1.165, 1.54) is 7.11 Å². The lowest BCUT2D eigenvalue weighted by Gasteiger charge is -2.27. The van der Waals surface area contributed by atoms with Crippen molar-refractivity contribution in [2.45, 2.75) is 52.1 Å². The van der Waals surface area contributed by atoms with Gasteiger partial charge >= 0.3 is 5.97 Å². The van der Waals surface area contributed by atoms with Crippen LogP contribution in [0.15, 0.2) is 42.6 Å². The summed E-state index contributed by atoms with van der Waals surface area (Å²) in [4.78, 5) is 39.2. The molecule has 0 atom stereocenters. The quantitative estimate of drug-likeness (QED) is 0.690. The van der Waals surface area contributed by atoms with E-state index < -0.39 is 0 Å². The average molecular weight is 426 g/mol. The molecule has 0 saturated heterocycles. The first-order chi connectivity index (χ1) is 14.9. The van der Waals surface area contributed by atoms with Gasteiger partial charge in [0, 0.05) is 24.5 Å². The molecule has 1 aromatic heterocycles. The molecule has 1 aliphatic carbocycles. The Labute approximate surface area is 183 Å². The van der Waals surface area contributed by atoms with Gasteiger partial charge in [0.2, 0.25) is 5.91 Å². The number of nitrogens with zero attached hydrogens (tertiary/aromatic N) is 2. The first-order valence-corrected chi connectivity index (χ1v) is 10.8. The average Bonchev–Trinajstić information content (AvgIpc) is 3.22. The molecule has 1 heterocycles. The number of hydrogen-bond acceptors (Lipinski definition) is 4. The number of aromatic nitrogens is 1. The molecule has 2 aromatic rings. The number of anilines is 1. The van der Waals surface area contributed by atoms with Crippen LogP contribution in [0.1, 0.15) is 48.7 Å². The number of benzene rings is 1. The van der Waals surface area contributed by atoms with E-state index in [0.717, 1.165) is 24.1 Å². The Hall–Kier alpha value is -3.09. The molecule has 1 N–H and O–H groups in total. The second-order valence-corrected chi connectivity index (χ2v) is 8.04. The summed E-state index contributed by atoms with van der Waals surface area (Å²) in [5, 5.41) is 3.06. The molecule has 0 bridgehead atoms. The Balaban J connectivity index is 1.62. The van der Waals surface area contributed by atoms with Crippen LogP contribution < -0.4 is 10.2 Å². The highest BCUT2D eigenvalue weighted by Crippen LogP contribution is 2.25. The first kappa shape index (κ1) is 22.6. The third kappa shape index (κ3) is 5.54. The van der Waals surface area contributed by atoms with E-state index in [0.29, 0.717) is 25.1 Å². The van der Waals surface area contributed by atoms with Crippen molar-refractivity contribution in [2.75, 3.05) is 18.6 Å². The summed E-state index contributed by atoms with van der Waals surface area (Å²) in [7, 11) is 1.41. The number of amides is 2. The van der Waals surface area contributed by atoms with Crippen molar-refractivity contribution in [1.82, 2.24) is 9.88 Å². The van der Waals surface area contributed by atoms with Gasteiger partial charge in [0.25, 0.3) is 5.91 Å². The minimum Gasteiger partial charge on any atom is -0.469 e. The molecule has 1 saturated carbocycles. The van der Waals surface area contributed by atoms with Crippen LogP contribution in [0.2, 0.25) is 0 Å². The van der Waals surface area contributed by atoms with Gasteiger partial charge in [-0.15, -0.1) is 0 Å². The number of ether oxygens (including phenoxy) is 1. The van der Waals surface area contributed by atoms with Gasteiger partial charge in [-0.05, 0) is 69.4 Å². The Morgan fingerprint density at radius 3 is 2.52 bits per heavy atom. The predicted octanol–water partition coefficient (Wildman–Crippen LogP) is 3.31. The first-order valence-electron chi connectivity index (χ1n) is 10.8. The van der Waals surface area contributed by atoms with Crippen LogP contribution in [0.4, 0.5) is 5.69 Å². The third-order valence-corrected chi connectivity index (χ3v) is 5.90. The molecular weight excluding hydrogens is 394 g/mol. The minimum absolute atomic E-state index is 0.0203. The second-order valence-electron chi connectivity index (χ2n) is 8.04. The Morgan fingerprint density at radius 1 is 1.13 bits per heavy atom. The van der Waals surface area contributed by atoms with E-state index in [4.69, 9.17) is 4.74 Å². The zero-order chi connectivity index (χ0) is 22.4. The van der Waals surface area contributed by atoms with Gasteiger partial charge in [-0.3, -0.25) is 14.4 Å². The fourth-order valence-electron chi connectivity index (χ4n) is 4.19. The van der Waals surface area contributed by atoms with Gasteiger partial charge in [0.15, 0.2) is 0 Å². The number of aryl methyl sites for hydroxylation is 1. The topological polar surface area (TPSA) is 80.6 Å². The third-order valence-electron chi connectivity index (χ3n) is 5.90. The van der Waals surface area contributed by atoms with Gasteiger partial charge in [-0.25, -0.2) is 0 Å². The molecule has 166 valence electrons. The molecule has 31 heavy (non-hydrogen) atoms. The van der Waals surface area contributed by atoms with Crippen molar-refractivity contribution in [3.8, 4) is 0 Å². The maximum Gasteiger partial charge on any atom is 0.308 e. The van der Waals surface area contributed by atoms with Crippen molar-refractivity contribution in [3.05, 3.63) is 53.9 Å². The Morgan fingerprint density at radius 2 is 1.87 bits per heavy atom. The summed E-state index contributed by atoms with van der Waals surface area (Å²) in [6.07, 6.45) is 4.65. The van der Waals surface area contributed by atoms with Crippen LogP contribution in [0.25, 0.3) is 0 Å². The van der Waals surface area contributed by atoms with E-state index in [-0.39, 0.29) is 36.3 Å². The fraction of sp³-hybridized carbons (Fsp3) is 0.458. The van der Waals surface area contributed by atoms with Gasteiger partial charge in [-0.2, -0.15) is 0 Å². The molecule has 1 aromatic carbocycles. The summed E-state index contributed by atoms with van der Waals surface area (Å²) in [6.45, 7) is 4.57. The normalized spacial score (nSPS) is 18.3. The van der Waals surface area contributed by atoms with Crippen LogP contribution in [0.3, 0.4) is 0 Å². The number of carbonyl (C=O) groups excluding carboxylic acids is 3. The largest absolute Gasteiger partial charge is 0.469 e. The molecule has 0 aliphatic heterocycles. The lowest BCUT2D eigenvalue weighted by Crippen LogP contribution is -2.40. The number of nitrogens with one attached hydrogen (secondary N) is 1. The Kier molecular flexibility index (Phi) is 7.50. The molecule has 3 rings (SSSR count). The molecular formula is C24H31N3O4. The number of rotatable bonds is 7. The van der Waals surface area contributed by atoms with E-state index in [9.17, 15) is 14.4 Å². The van der Waals surface area contributed by atoms with Gasteiger partial charge in [0.05, 0.1) is 13.0 Å². The maximum atomic E-state index is 13.0. The summed E-state index contributed by atoms with van der Waals surface area (Å²) >= 11 is 0. The standard InChI is InChI=1S/C24H31N3O4/c1-4-27(20-8-5-7-17(2)15-20)22(28)16-26-14-6-9-21(26)23(29)25-19-12-10-18(11-13-19)24(30)31-3/h5-9,14-15,18-19H,4,10-13,16H2,1-3H3,(H,25,29). The molecule has 0 spiro atoms. The van der Waals surface area contributed by atoms with Gasteiger partial charge < -0.3 is 19.5 Å². The summed E-state index contributed by atoms with van der Waals surface area (Å²) in [5.41, 5.74) is 2.41. The lowest BCUT2D eigenvalue weighted by atomic mass is 9.86. The maximum absolute atomic E-state index is 13.0. The predicted molar refractivity (Wildman–Crippen MR) is 119 cm³/mol. The van der Waals surface area contributed by atoms with Crippen LogP contribution in [0, 0.1) is 12.8 Å². The molecule has 1 aliphatic rings. The van der Waals surface area contributed by atoms with Gasteiger partial charge in [0.1, 0.15) is 12.2 Å². The van der Waals surface area contributed by atoms with E-state index in [1.54, 1.807) is 27.8 Å². The highest BCUT2D eigenvalue weighted by Gasteiger charge is 2.28. The monoisotopic (exact) mass is 425 g/mol. The number of likely N-dealkylation sites (N-methyl/N-ethyl adjacent to an activating group) is 1. The number of esters is 1. The second kappa shape index (κ2) is 10.3. The van der Waals surface area contributed by atoms with Gasteiger partial charge in [-0.1, -0.05) is 12.1 Å². The summed E-state index contributed by atoms with van der Waals surface area (Å²) in [5.74, 6) is -0.526. The zero-order valence-electron chi connectivity index (χ0n) is 18.5. The van der Waals surface area contributed by atoms with Crippen LogP contribution in [0.5, 0.6) is 0 Å². The van der Waals surface area contributed by atoms with Crippen LogP contribution in [-0.4, -0.2) is 42.0 Å². The van der Waals surface area contributed by atoms with Crippen molar-refractivity contribution >= 4 is 23.5 Å². The van der Waals surface area contributed by atoms with Crippen LogP contribution >= 0.6 is 0 Å². The van der Waals surface area contributed by atoms with E-state index >= 15 is 0 Å². The minimum atomic E-state index is -0.196. The number of hydrogen-bond donors (Lipinski definition) is 1. The van der Waals surface area contributed by atoms with Crippen molar-refractivity contribution in [2.24, 2.45) is 5.92 Å². The summed E-state index contributed by atoms with van der Waals surface area (Å²) < 4.78 is 6.51. The molecule has 7 heteroatoms. The highest BCUT2D eigenvalue weighted by atomic mass is 16.5.